The van der Waals surface area contributed by atoms with Crippen molar-refractivity contribution in [2.24, 2.45) is 0 Å². The molecule has 114 valence electrons. The standard InChI is InChI=1S/C16H20O5/c1-2-21-14(17)7-6-12-4-3-5-13(10-12)16(15(18)19)8-9-20-11-16/h3-5,10H,2,6-9,11H2,1H3,(H,18,19). The van der Waals surface area contributed by atoms with Crippen LogP contribution < -0.4 is 0 Å². The van der Waals surface area contributed by atoms with Gasteiger partial charge in [0.25, 0.3) is 0 Å². The van der Waals surface area contributed by atoms with Crippen LogP contribution in [-0.2, 0) is 30.9 Å². The summed E-state index contributed by atoms with van der Waals surface area (Å²) < 4.78 is 10.2. The molecule has 0 amide bonds. The Morgan fingerprint density at radius 3 is 2.86 bits per heavy atom. The van der Waals surface area contributed by atoms with Crippen molar-refractivity contribution in [1.82, 2.24) is 0 Å². The number of rotatable bonds is 6. The van der Waals surface area contributed by atoms with Gasteiger partial charge in [-0.2, -0.15) is 0 Å². The zero-order valence-corrected chi connectivity index (χ0v) is 12.1. The lowest BCUT2D eigenvalue weighted by molar-refractivity contribution is -0.144. The van der Waals surface area contributed by atoms with E-state index in [4.69, 9.17) is 9.47 Å². The third-order valence-electron chi connectivity index (χ3n) is 3.83. The molecule has 1 unspecified atom stereocenters. The summed E-state index contributed by atoms with van der Waals surface area (Å²) >= 11 is 0. The first-order valence-corrected chi connectivity index (χ1v) is 7.14. The number of benzene rings is 1. The Labute approximate surface area is 123 Å². The molecule has 5 heteroatoms. The molecule has 1 aliphatic rings. The van der Waals surface area contributed by atoms with E-state index in [9.17, 15) is 14.7 Å². The van der Waals surface area contributed by atoms with Crippen molar-refractivity contribution in [1.29, 1.82) is 0 Å². The summed E-state index contributed by atoms with van der Waals surface area (Å²) in [6.45, 7) is 2.80. The van der Waals surface area contributed by atoms with Crippen molar-refractivity contribution >= 4 is 11.9 Å². The molecule has 1 N–H and O–H groups in total. The lowest BCUT2D eigenvalue weighted by Crippen LogP contribution is -2.36. The van der Waals surface area contributed by atoms with Gasteiger partial charge < -0.3 is 14.6 Å². The Morgan fingerprint density at radius 2 is 2.24 bits per heavy atom. The molecule has 1 atom stereocenters. The number of ether oxygens (including phenoxy) is 2. The fraction of sp³-hybridized carbons (Fsp3) is 0.500. The van der Waals surface area contributed by atoms with Gasteiger partial charge in [0.15, 0.2) is 0 Å². The highest BCUT2D eigenvalue weighted by Gasteiger charge is 2.44. The van der Waals surface area contributed by atoms with E-state index in [2.05, 4.69) is 0 Å². The number of carboxylic acids is 1. The summed E-state index contributed by atoms with van der Waals surface area (Å²) in [5.41, 5.74) is 0.724. The van der Waals surface area contributed by atoms with E-state index in [0.717, 1.165) is 11.1 Å². The van der Waals surface area contributed by atoms with Gasteiger partial charge >= 0.3 is 11.9 Å². The van der Waals surface area contributed by atoms with Crippen molar-refractivity contribution in [2.45, 2.75) is 31.6 Å². The fourth-order valence-electron chi connectivity index (χ4n) is 2.59. The first-order valence-electron chi connectivity index (χ1n) is 7.14. The van der Waals surface area contributed by atoms with Gasteiger partial charge in [0, 0.05) is 13.0 Å². The van der Waals surface area contributed by atoms with Crippen molar-refractivity contribution in [3.63, 3.8) is 0 Å². The van der Waals surface area contributed by atoms with Crippen LogP contribution in [0.2, 0.25) is 0 Å². The lowest BCUT2D eigenvalue weighted by atomic mass is 9.79. The quantitative estimate of drug-likeness (QED) is 0.811. The van der Waals surface area contributed by atoms with Gasteiger partial charge in [-0.15, -0.1) is 0 Å². The molecule has 0 aromatic heterocycles. The molecule has 1 heterocycles. The first-order chi connectivity index (χ1) is 10.1. The number of carbonyl (C=O) groups is 2. The van der Waals surface area contributed by atoms with E-state index in [1.165, 1.54) is 0 Å². The average molecular weight is 292 g/mol. The van der Waals surface area contributed by atoms with Crippen LogP contribution >= 0.6 is 0 Å². The van der Waals surface area contributed by atoms with Gasteiger partial charge in [-0.1, -0.05) is 24.3 Å². The predicted molar refractivity (Wildman–Crippen MR) is 76.1 cm³/mol. The molecular formula is C16H20O5. The Morgan fingerprint density at radius 1 is 1.43 bits per heavy atom. The molecule has 0 bridgehead atoms. The summed E-state index contributed by atoms with van der Waals surface area (Å²) in [6.07, 6.45) is 1.32. The van der Waals surface area contributed by atoms with E-state index < -0.39 is 11.4 Å². The van der Waals surface area contributed by atoms with E-state index in [0.29, 0.717) is 32.5 Å². The van der Waals surface area contributed by atoms with Crippen molar-refractivity contribution in [3.05, 3.63) is 35.4 Å². The van der Waals surface area contributed by atoms with E-state index in [1.54, 1.807) is 6.92 Å². The van der Waals surface area contributed by atoms with Crippen molar-refractivity contribution < 1.29 is 24.2 Å². The number of carbonyl (C=O) groups excluding carboxylic acids is 1. The maximum absolute atomic E-state index is 11.6. The molecule has 0 spiro atoms. The molecular weight excluding hydrogens is 272 g/mol. The topological polar surface area (TPSA) is 72.8 Å². The van der Waals surface area contributed by atoms with Gasteiger partial charge in [-0.05, 0) is 30.9 Å². The molecule has 0 aliphatic carbocycles. The number of aliphatic carboxylic acids is 1. The van der Waals surface area contributed by atoms with Crippen LogP contribution in [-0.4, -0.2) is 36.9 Å². The highest BCUT2D eigenvalue weighted by molar-refractivity contribution is 5.82. The van der Waals surface area contributed by atoms with Crippen LogP contribution in [0.25, 0.3) is 0 Å². The highest BCUT2D eigenvalue weighted by Crippen LogP contribution is 2.34. The van der Waals surface area contributed by atoms with Gasteiger partial charge in [0.05, 0.1) is 13.2 Å². The summed E-state index contributed by atoms with van der Waals surface area (Å²) in [5, 5.41) is 9.54. The molecule has 1 aromatic rings. The summed E-state index contributed by atoms with van der Waals surface area (Å²) in [4.78, 5) is 23.0. The number of carboxylic acid groups (broad SMARTS) is 1. The maximum atomic E-state index is 11.6. The van der Waals surface area contributed by atoms with Crippen LogP contribution in [0.1, 0.15) is 30.9 Å². The minimum Gasteiger partial charge on any atom is -0.481 e. The Balaban J connectivity index is 2.13. The third-order valence-corrected chi connectivity index (χ3v) is 3.83. The Hall–Kier alpha value is -1.88. The summed E-state index contributed by atoms with van der Waals surface area (Å²) in [7, 11) is 0. The monoisotopic (exact) mass is 292 g/mol. The van der Waals surface area contributed by atoms with E-state index in [1.807, 2.05) is 24.3 Å². The number of esters is 1. The number of hydrogen-bond donors (Lipinski definition) is 1. The zero-order chi connectivity index (χ0) is 15.3. The van der Waals surface area contributed by atoms with Gasteiger partial charge in [-0.3, -0.25) is 9.59 Å². The van der Waals surface area contributed by atoms with Crippen LogP contribution in [0.3, 0.4) is 0 Å². The molecule has 1 aliphatic heterocycles. The average Bonchev–Trinajstić information content (AvgIpc) is 2.97. The normalized spacial score (nSPS) is 21.2. The van der Waals surface area contributed by atoms with Gasteiger partial charge in [-0.25, -0.2) is 0 Å². The maximum Gasteiger partial charge on any atom is 0.316 e. The predicted octanol–water partition coefficient (Wildman–Crippen LogP) is 1.93. The second kappa shape index (κ2) is 6.72. The van der Waals surface area contributed by atoms with Crippen molar-refractivity contribution in [3.8, 4) is 0 Å². The second-order valence-electron chi connectivity index (χ2n) is 5.20. The number of hydrogen-bond acceptors (Lipinski definition) is 4. The van der Waals surface area contributed by atoms with Gasteiger partial charge in [0.1, 0.15) is 5.41 Å². The zero-order valence-electron chi connectivity index (χ0n) is 12.1. The largest absolute Gasteiger partial charge is 0.481 e. The molecule has 0 saturated carbocycles. The third kappa shape index (κ3) is 3.42. The molecule has 5 nitrogen and oxygen atoms in total. The Kier molecular flexibility index (Phi) is 4.96. The second-order valence-corrected chi connectivity index (χ2v) is 5.20. The molecule has 1 aromatic carbocycles. The SMILES string of the molecule is CCOC(=O)CCc1cccc(C2(C(=O)O)CCOC2)c1. The minimum atomic E-state index is -0.958. The van der Waals surface area contributed by atoms with E-state index >= 15 is 0 Å². The van der Waals surface area contributed by atoms with Gasteiger partial charge in [0.2, 0.25) is 0 Å². The Bertz CT molecular complexity index is 517. The van der Waals surface area contributed by atoms with E-state index in [-0.39, 0.29) is 12.6 Å². The minimum absolute atomic E-state index is 0.198. The molecule has 2 rings (SSSR count). The highest BCUT2D eigenvalue weighted by atomic mass is 16.5. The first kappa shape index (κ1) is 15.5. The van der Waals surface area contributed by atoms with Crippen LogP contribution in [0.5, 0.6) is 0 Å². The van der Waals surface area contributed by atoms with Crippen LogP contribution in [0.4, 0.5) is 0 Å². The summed E-state index contributed by atoms with van der Waals surface area (Å²) in [6, 6.07) is 7.41. The smallest absolute Gasteiger partial charge is 0.316 e. The number of aryl methyl sites for hydroxylation is 1. The molecule has 1 fully saturated rings. The fourth-order valence-corrected chi connectivity index (χ4v) is 2.59. The summed E-state index contributed by atoms with van der Waals surface area (Å²) in [5.74, 6) is -1.09. The van der Waals surface area contributed by atoms with Crippen LogP contribution in [0, 0.1) is 0 Å². The molecule has 0 radical (unpaired) electrons. The lowest BCUT2D eigenvalue weighted by Gasteiger charge is -2.23. The molecule has 1 saturated heterocycles. The van der Waals surface area contributed by atoms with Crippen molar-refractivity contribution in [2.75, 3.05) is 19.8 Å². The molecule has 21 heavy (non-hydrogen) atoms. The van der Waals surface area contributed by atoms with Crippen LogP contribution in [0.15, 0.2) is 24.3 Å².